The molecule has 0 unspecified atom stereocenters. The molecule has 13 rings (SSSR count). The highest BCUT2D eigenvalue weighted by atomic mass is 15.1. The van der Waals surface area contributed by atoms with Crippen LogP contribution in [0.4, 0.5) is 17.1 Å². The Morgan fingerprint density at radius 3 is 1.69 bits per heavy atom. The first-order chi connectivity index (χ1) is 33.3. The number of nitrogens with zero attached hydrogens (tertiary/aromatic N) is 2. The predicted molar refractivity (Wildman–Crippen MR) is 281 cm³/mol. The number of anilines is 3. The van der Waals surface area contributed by atoms with E-state index in [2.05, 4.69) is 276 Å². The van der Waals surface area contributed by atoms with E-state index in [0.29, 0.717) is 0 Å². The van der Waals surface area contributed by atoms with E-state index in [4.69, 9.17) is 0 Å². The fourth-order valence-electron chi connectivity index (χ4n) is 11.2. The summed E-state index contributed by atoms with van der Waals surface area (Å²) in [6.45, 7) is 0. The van der Waals surface area contributed by atoms with Gasteiger partial charge in [-0.2, -0.15) is 0 Å². The van der Waals surface area contributed by atoms with Gasteiger partial charge in [0.1, 0.15) is 0 Å². The number of hydrogen-bond donors (Lipinski definition) is 0. The average Bonchev–Trinajstić information content (AvgIpc) is 3.90. The molecule has 0 bridgehead atoms. The van der Waals surface area contributed by atoms with Crippen molar-refractivity contribution in [3.8, 4) is 39.1 Å². The summed E-state index contributed by atoms with van der Waals surface area (Å²) in [5.74, 6) is 0. The predicted octanol–water partition coefficient (Wildman–Crippen LogP) is 17.1. The summed E-state index contributed by atoms with van der Waals surface area (Å²) in [4.78, 5) is 2.50. The zero-order chi connectivity index (χ0) is 44.3. The second-order valence-corrected chi connectivity index (χ2v) is 17.6. The number of para-hydroxylation sites is 3. The molecule has 0 saturated heterocycles. The van der Waals surface area contributed by atoms with Gasteiger partial charge in [-0.15, -0.1) is 0 Å². The van der Waals surface area contributed by atoms with Crippen LogP contribution in [0.3, 0.4) is 0 Å². The second kappa shape index (κ2) is 15.8. The molecule has 1 aromatic heterocycles. The van der Waals surface area contributed by atoms with E-state index in [0.717, 1.165) is 33.9 Å². The maximum Gasteiger partial charge on any atom is 0.0714 e. The van der Waals surface area contributed by atoms with Gasteiger partial charge in [0.2, 0.25) is 0 Å². The summed E-state index contributed by atoms with van der Waals surface area (Å²) in [5, 5.41) is 4.88. The molecule has 0 spiro atoms. The highest BCUT2D eigenvalue weighted by molar-refractivity contribution is 6.10. The minimum atomic E-state index is -0.531. The largest absolute Gasteiger partial charge is 0.309 e. The van der Waals surface area contributed by atoms with Crippen molar-refractivity contribution in [2.75, 3.05) is 4.90 Å². The molecule has 314 valence electrons. The average molecular weight is 853 g/mol. The molecule has 0 fully saturated rings. The quantitative estimate of drug-likeness (QED) is 0.148. The van der Waals surface area contributed by atoms with Gasteiger partial charge in [0.05, 0.1) is 27.8 Å². The summed E-state index contributed by atoms with van der Waals surface area (Å²) < 4.78 is 2.38. The van der Waals surface area contributed by atoms with E-state index in [1.807, 2.05) is 0 Å². The maximum atomic E-state index is 2.50. The Morgan fingerprint density at radius 1 is 0.313 bits per heavy atom. The lowest BCUT2D eigenvalue weighted by Crippen LogP contribution is -2.28. The molecule has 0 N–H and O–H groups in total. The van der Waals surface area contributed by atoms with Crippen LogP contribution in [-0.2, 0) is 5.41 Å². The van der Waals surface area contributed by atoms with Crippen LogP contribution in [0.2, 0.25) is 0 Å². The van der Waals surface area contributed by atoms with E-state index in [1.54, 1.807) is 0 Å². The van der Waals surface area contributed by atoms with Gasteiger partial charge in [-0.1, -0.05) is 206 Å². The summed E-state index contributed by atoms with van der Waals surface area (Å²) in [6.07, 6.45) is 0. The maximum absolute atomic E-state index is 2.50. The third-order valence-electron chi connectivity index (χ3n) is 14.0. The van der Waals surface area contributed by atoms with Crippen molar-refractivity contribution in [3.05, 3.63) is 289 Å². The molecule has 1 aliphatic rings. The van der Waals surface area contributed by atoms with Crippen molar-refractivity contribution in [2.45, 2.75) is 5.41 Å². The monoisotopic (exact) mass is 852 g/mol. The highest BCUT2D eigenvalue weighted by Gasteiger charge is 2.46. The lowest BCUT2D eigenvalue weighted by Gasteiger charge is -2.35. The van der Waals surface area contributed by atoms with Gasteiger partial charge in [-0.05, 0) is 116 Å². The van der Waals surface area contributed by atoms with Crippen LogP contribution in [-0.4, -0.2) is 4.57 Å². The molecule has 0 aliphatic heterocycles. The molecule has 0 saturated carbocycles. The lowest BCUT2D eigenvalue weighted by molar-refractivity contribution is 0.768. The first-order valence-corrected chi connectivity index (χ1v) is 23.2. The number of rotatable bonds is 8. The van der Waals surface area contributed by atoms with Crippen molar-refractivity contribution in [1.29, 1.82) is 0 Å². The van der Waals surface area contributed by atoms with E-state index in [-0.39, 0.29) is 0 Å². The first-order valence-electron chi connectivity index (χ1n) is 23.2. The molecule has 0 atom stereocenters. The molecule has 1 aliphatic carbocycles. The summed E-state index contributed by atoms with van der Waals surface area (Å²) in [6, 6.07) is 98.2. The van der Waals surface area contributed by atoms with Crippen LogP contribution in [0, 0.1) is 0 Å². The first kappa shape index (κ1) is 38.7. The number of fused-ring (bicyclic) bond motifs is 7. The zero-order valence-corrected chi connectivity index (χ0v) is 36.8. The topological polar surface area (TPSA) is 8.17 Å². The second-order valence-electron chi connectivity index (χ2n) is 17.6. The molecule has 0 amide bonds. The molecule has 11 aromatic carbocycles. The smallest absolute Gasteiger partial charge is 0.0714 e. The summed E-state index contributed by atoms with van der Waals surface area (Å²) in [7, 11) is 0. The van der Waals surface area contributed by atoms with E-state index >= 15 is 0 Å². The van der Waals surface area contributed by atoms with Gasteiger partial charge in [0.15, 0.2) is 0 Å². The Kier molecular flexibility index (Phi) is 9.11. The molecule has 1 heterocycles. The van der Waals surface area contributed by atoms with Gasteiger partial charge in [0.25, 0.3) is 0 Å². The number of aromatic nitrogens is 1. The van der Waals surface area contributed by atoms with Crippen LogP contribution in [0.25, 0.3) is 71.6 Å². The zero-order valence-electron chi connectivity index (χ0n) is 36.8. The van der Waals surface area contributed by atoms with Crippen molar-refractivity contribution in [2.24, 2.45) is 0 Å². The van der Waals surface area contributed by atoms with E-state index in [9.17, 15) is 0 Å². The van der Waals surface area contributed by atoms with Crippen LogP contribution in [0.5, 0.6) is 0 Å². The standard InChI is InChI=1S/C65H44N2/c1-4-24-49(25-5-1)65(50-26-6-2-7-27-50)59-34-15-12-32-55(59)56-40-39-52(44-60(56)65)67(62-37-19-21-45-20-10-11-30-53(45)62)61-35-16-13-31-54(61)48-23-18-22-46(42-48)47-38-41-64-58(43-47)57-33-14-17-36-63(57)66(64)51-28-8-3-9-29-51/h1-44H. The Balaban J connectivity index is 1.01. The normalized spacial score (nSPS) is 12.6. The minimum absolute atomic E-state index is 0.531. The molecule has 67 heavy (non-hydrogen) atoms. The molecule has 2 heteroatoms. The van der Waals surface area contributed by atoms with Crippen molar-refractivity contribution in [3.63, 3.8) is 0 Å². The van der Waals surface area contributed by atoms with Crippen molar-refractivity contribution < 1.29 is 0 Å². The summed E-state index contributed by atoms with van der Waals surface area (Å²) >= 11 is 0. The molecule has 2 nitrogen and oxygen atoms in total. The SMILES string of the molecule is c1ccc(-n2c3ccccc3c3cc(-c4cccc(-c5ccccc5N(c5ccc6c(c5)C(c5ccccc5)(c5ccccc5)c5ccccc5-6)c5cccc6ccccc56)c4)ccc32)cc1. The molecule has 12 aromatic rings. The van der Waals surface area contributed by atoms with Crippen molar-refractivity contribution in [1.82, 2.24) is 4.57 Å². The van der Waals surface area contributed by atoms with E-state index < -0.39 is 5.41 Å². The Bertz CT molecular complexity index is 3770. The fraction of sp³-hybridized carbons (Fsp3) is 0.0154. The molecule has 0 radical (unpaired) electrons. The third-order valence-corrected chi connectivity index (χ3v) is 14.0. The fourth-order valence-corrected chi connectivity index (χ4v) is 11.2. The summed E-state index contributed by atoms with van der Waals surface area (Å²) in [5.41, 5.74) is 18.6. The minimum Gasteiger partial charge on any atom is -0.309 e. The highest BCUT2D eigenvalue weighted by Crippen LogP contribution is 2.57. The van der Waals surface area contributed by atoms with Crippen LogP contribution in [0.1, 0.15) is 22.3 Å². The van der Waals surface area contributed by atoms with Crippen LogP contribution < -0.4 is 4.90 Å². The Morgan fingerprint density at radius 2 is 0.881 bits per heavy atom. The number of benzene rings is 11. The lowest BCUT2D eigenvalue weighted by atomic mass is 9.67. The Labute approximate surface area is 390 Å². The van der Waals surface area contributed by atoms with Gasteiger partial charge in [-0.3, -0.25) is 0 Å². The van der Waals surface area contributed by atoms with Crippen molar-refractivity contribution >= 4 is 49.6 Å². The van der Waals surface area contributed by atoms with Gasteiger partial charge in [-0.25, -0.2) is 0 Å². The van der Waals surface area contributed by atoms with Crippen LogP contribution >= 0.6 is 0 Å². The van der Waals surface area contributed by atoms with E-state index in [1.165, 1.54) is 77.1 Å². The number of hydrogen-bond acceptors (Lipinski definition) is 1. The van der Waals surface area contributed by atoms with Gasteiger partial charge < -0.3 is 9.47 Å². The van der Waals surface area contributed by atoms with Gasteiger partial charge >= 0.3 is 0 Å². The molecular formula is C65H44N2. The molecular weight excluding hydrogens is 809 g/mol. The Hall–Kier alpha value is -8.72. The van der Waals surface area contributed by atoms with Gasteiger partial charge in [0, 0.05) is 33.1 Å². The third kappa shape index (κ3) is 6.11. The van der Waals surface area contributed by atoms with Crippen LogP contribution in [0.15, 0.2) is 267 Å².